The van der Waals surface area contributed by atoms with Crippen LogP contribution < -0.4 is 9.64 Å². The predicted octanol–water partition coefficient (Wildman–Crippen LogP) is 3.56. The van der Waals surface area contributed by atoms with Crippen molar-refractivity contribution < 1.29 is 9.53 Å². The van der Waals surface area contributed by atoms with Crippen molar-refractivity contribution in [1.29, 1.82) is 0 Å². The molecule has 1 amide bonds. The molecule has 2 aromatic heterocycles. The van der Waals surface area contributed by atoms with E-state index in [0.29, 0.717) is 23.8 Å². The minimum Gasteiger partial charge on any atom is -0.497 e. The van der Waals surface area contributed by atoms with E-state index in [0.717, 1.165) is 41.3 Å². The zero-order valence-corrected chi connectivity index (χ0v) is 16.6. The number of methoxy groups -OCH3 is 1. The highest BCUT2D eigenvalue weighted by molar-refractivity contribution is 6.29. The number of carbonyl (C=O) groups is 1. The standard InChI is InChI=1S/C21H21ClN4O2/c1-14-17(12-15-6-7-16(28-2)13-18(15)23-14)21(27)26-10-8-25(9-11-26)20-5-3-4-19(22)24-20/h3-7,12-13H,8-11H2,1-2H3. The van der Waals surface area contributed by atoms with E-state index in [-0.39, 0.29) is 5.91 Å². The maximum atomic E-state index is 13.1. The summed E-state index contributed by atoms with van der Waals surface area (Å²) in [6.45, 7) is 4.57. The summed E-state index contributed by atoms with van der Waals surface area (Å²) in [6.07, 6.45) is 0. The number of rotatable bonds is 3. The molecule has 6 nitrogen and oxygen atoms in total. The van der Waals surface area contributed by atoms with E-state index in [1.54, 1.807) is 13.2 Å². The number of aromatic nitrogens is 2. The number of halogens is 1. The minimum atomic E-state index is 0.0152. The zero-order chi connectivity index (χ0) is 19.7. The average molecular weight is 397 g/mol. The van der Waals surface area contributed by atoms with Gasteiger partial charge in [-0.05, 0) is 37.3 Å². The summed E-state index contributed by atoms with van der Waals surface area (Å²) in [7, 11) is 1.63. The lowest BCUT2D eigenvalue weighted by Gasteiger charge is -2.35. The number of ether oxygens (including phenoxy) is 1. The highest BCUT2D eigenvalue weighted by Gasteiger charge is 2.24. The summed E-state index contributed by atoms with van der Waals surface area (Å²) >= 11 is 5.99. The van der Waals surface area contributed by atoms with Crippen molar-refractivity contribution in [3.8, 4) is 5.75 Å². The van der Waals surface area contributed by atoms with Crippen LogP contribution in [-0.2, 0) is 0 Å². The monoisotopic (exact) mass is 396 g/mol. The van der Waals surface area contributed by atoms with Crippen molar-refractivity contribution >= 4 is 34.2 Å². The molecule has 1 aliphatic rings. The molecule has 0 radical (unpaired) electrons. The number of nitrogens with zero attached hydrogens (tertiary/aromatic N) is 4. The molecular formula is C21H21ClN4O2. The molecule has 0 atom stereocenters. The van der Waals surface area contributed by atoms with Gasteiger partial charge in [0.05, 0.1) is 23.9 Å². The van der Waals surface area contributed by atoms with Gasteiger partial charge in [-0.15, -0.1) is 0 Å². The Hall–Kier alpha value is -2.86. The largest absolute Gasteiger partial charge is 0.497 e. The number of fused-ring (bicyclic) bond motifs is 1. The molecule has 0 saturated carbocycles. The molecule has 3 aromatic rings. The maximum Gasteiger partial charge on any atom is 0.255 e. The van der Waals surface area contributed by atoms with Crippen LogP contribution in [0.4, 0.5) is 5.82 Å². The third kappa shape index (κ3) is 3.60. The van der Waals surface area contributed by atoms with Gasteiger partial charge in [0, 0.05) is 37.6 Å². The lowest BCUT2D eigenvalue weighted by Crippen LogP contribution is -2.49. The molecule has 0 aliphatic carbocycles. The van der Waals surface area contributed by atoms with Gasteiger partial charge in [-0.25, -0.2) is 4.98 Å². The van der Waals surface area contributed by atoms with Gasteiger partial charge < -0.3 is 14.5 Å². The predicted molar refractivity (Wildman–Crippen MR) is 110 cm³/mol. The molecule has 0 unspecified atom stereocenters. The molecule has 4 rings (SSSR count). The number of piperazine rings is 1. The third-order valence-electron chi connectivity index (χ3n) is 5.04. The van der Waals surface area contributed by atoms with Crippen LogP contribution >= 0.6 is 11.6 Å². The highest BCUT2D eigenvalue weighted by atomic mass is 35.5. The van der Waals surface area contributed by atoms with Crippen molar-refractivity contribution in [1.82, 2.24) is 14.9 Å². The molecule has 3 heterocycles. The Bertz CT molecular complexity index is 1030. The quantitative estimate of drug-likeness (QED) is 0.633. The fourth-order valence-electron chi connectivity index (χ4n) is 3.47. The molecule has 1 saturated heterocycles. The smallest absolute Gasteiger partial charge is 0.255 e. The van der Waals surface area contributed by atoms with Gasteiger partial charge in [-0.2, -0.15) is 0 Å². The Labute approximate surface area is 168 Å². The van der Waals surface area contributed by atoms with Crippen LogP contribution in [0, 0.1) is 6.92 Å². The van der Waals surface area contributed by atoms with Gasteiger partial charge in [0.2, 0.25) is 0 Å². The Balaban J connectivity index is 1.51. The summed E-state index contributed by atoms with van der Waals surface area (Å²) in [5.74, 6) is 1.61. The Morgan fingerprint density at radius 2 is 1.86 bits per heavy atom. The molecular weight excluding hydrogens is 376 g/mol. The maximum absolute atomic E-state index is 13.1. The molecule has 1 aromatic carbocycles. The second kappa shape index (κ2) is 7.64. The highest BCUT2D eigenvalue weighted by Crippen LogP contribution is 2.23. The lowest BCUT2D eigenvalue weighted by molar-refractivity contribution is 0.0745. The summed E-state index contributed by atoms with van der Waals surface area (Å²) in [5, 5.41) is 1.40. The molecule has 7 heteroatoms. The van der Waals surface area contributed by atoms with Crippen LogP contribution in [0.25, 0.3) is 10.9 Å². The van der Waals surface area contributed by atoms with Crippen LogP contribution in [0.3, 0.4) is 0 Å². The second-order valence-electron chi connectivity index (χ2n) is 6.78. The fraction of sp³-hybridized carbons (Fsp3) is 0.286. The zero-order valence-electron chi connectivity index (χ0n) is 15.9. The molecule has 0 spiro atoms. The first-order valence-corrected chi connectivity index (χ1v) is 9.55. The van der Waals surface area contributed by atoms with Gasteiger partial charge >= 0.3 is 0 Å². The molecule has 0 bridgehead atoms. The van der Waals surface area contributed by atoms with Gasteiger partial charge in [0.25, 0.3) is 5.91 Å². The molecule has 144 valence electrons. The second-order valence-corrected chi connectivity index (χ2v) is 7.16. The van der Waals surface area contributed by atoms with Gasteiger partial charge in [0.15, 0.2) is 0 Å². The number of pyridine rings is 2. The number of hydrogen-bond donors (Lipinski definition) is 0. The van der Waals surface area contributed by atoms with Crippen molar-refractivity contribution in [2.75, 3.05) is 38.2 Å². The SMILES string of the molecule is COc1ccc2cc(C(=O)N3CCN(c4cccc(Cl)n4)CC3)c(C)nc2c1. The third-order valence-corrected chi connectivity index (χ3v) is 5.25. The van der Waals surface area contributed by atoms with Crippen LogP contribution in [0.5, 0.6) is 5.75 Å². The van der Waals surface area contributed by atoms with E-state index in [9.17, 15) is 4.79 Å². The van der Waals surface area contributed by atoms with Crippen LogP contribution in [0.15, 0.2) is 42.5 Å². The van der Waals surface area contributed by atoms with Crippen molar-refractivity contribution in [2.45, 2.75) is 6.92 Å². The van der Waals surface area contributed by atoms with Crippen LogP contribution in [-0.4, -0.2) is 54.1 Å². The number of carbonyl (C=O) groups excluding carboxylic acids is 1. The van der Waals surface area contributed by atoms with Crippen LogP contribution in [0.2, 0.25) is 5.15 Å². The minimum absolute atomic E-state index is 0.0152. The van der Waals surface area contributed by atoms with E-state index in [2.05, 4.69) is 14.9 Å². The summed E-state index contributed by atoms with van der Waals surface area (Å²) in [4.78, 5) is 26.1. The topological polar surface area (TPSA) is 58.6 Å². The molecule has 0 N–H and O–H groups in total. The van der Waals surface area contributed by atoms with E-state index >= 15 is 0 Å². The number of anilines is 1. The van der Waals surface area contributed by atoms with Crippen LogP contribution in [0.1, 0.15) is 16.1 Å². The van der Waals surface area contributed by atoms with Gasteiger partial charge in [-0.3, -0.25) is 9.78 Å². The van der Waals surface area contributed by atoms with E-state index < -0.39 is 0 Å². The van der Waals surface area contributed by atoms with Crippen molar-refractivity contribution in [3.63, 3.8) is 0 Å². The summed E-state index contributed by atoms with van der Waals surface area (Å²) in [5.41, 5.74) is 2.20. The number of benzene rings is 1. The normalized spacial score (nSPS) is 14.4. The summed E-state index contributed by atoms with van der Waals surface area (Å²) < 4.78 is 5.26. The Morgan fingerprint density at radius 3 is 2.57 bits per heavy atom. The summed E-state index contributed by atoms with van der Waals surface area (Å²) in [6, 6.07) is 13.2. The average Bonchev–Trinajstić information content (AvgIpc) is 2.72. The Morgan fingerprint density at radius 1 is 1.07 bits per heavy atom. The first-order chi connectivity index (χ1) is 13.5. The Kier molecular flexibility index (Phi) is 5.05. The number of hydrogen-bond acceptors (Lipinski definition) is 5. The molecule has 1 aliphatic heterocycles. The first-order valence-electron chi connectivity index (χ1n) is 9.17. The number of aryl methyl sites for hydroxylation is 1. The van der Waals surface area contributed by atoms with E-state index in [1.165, 1.54) is 0 Å². The van der Waals surface area contributed by atoms with Gasteiger partial charge in [-0.1, -0.05) is 17.7 Å². The van der Waals surface area contributed by atoms with Crippen molar-refractivity contribution in [3.05, 3.63) is 58.9 Å². The van der Waals surface area contributed by atoms with Crippen molar-refractivity contribution in [2.24, 2.45) is 0 Å². The lowest BCUT2D eigenvalue weighted by atomic mass is 10.1. The molecule has 1 fully saturated rings. The molecule has 28 heavy (non-hydrogen) atoms. The van der Waals surface area contributed by atoms with Gasteiger partial charge in [0.1, 0.15) is 16.7 Å². The number of amides is 1. The van der Waals surface area contributed by atoms with E-state index in [4.69, 9.17) is 16.3 Å². The van der Waals surface area contributed by atoms with E-state index in [1.807, 2.05) is 48.2 Å². The fourth-order valence-corrected chi connectivity index (χ4v) is 3.63. The first kappa shape index (κ1) is 18.5.